The van der Waals surface area contributed by atoms with Crippen LogP contribution in [0.15, 0.2) is 29.4 Å². The average Bonchev–Trinajstić information content (AvgIpc) is 2.85. The van der Waals surface area contributed by atoms with Gasteiger partial charge in [0.15, 0.2) is 0 Å². The number of amides is 1. The number of carbonyl (C=O) groups excluding carboxylic acids is 1. The van der Waals surface area contributed by atoms with Crippen LogP contribution in [0.25, 0.3) is 0 Å². The van der Waals surface area contributed by atoms with E-state index in [2.05, 4.69) is 20.8 Å². The van der Waals surface area contributed by atoms with Crippen molar-refractivity contribution in [3.05, 3.63) is 29.8 Å². The molecule has 7 nitrogen and oxygen atoms in total. The van der Waals surface area contributed by atoms with E-state index in [1.807, 2.05) is 6.07 Å². The number of tetrazole rings is 1. The molecule has 0 aliphatic rings. The first-order chi connectivity index (χ1) is 9.60. The zero-order valence-electron chi connectivity index (χ0n) is 10.9. The van der Waals surface area contributed by atoms with E-state index in [-0.39, 0.29) is 11.2 Å². The fraction of sp³-hybridized carbons (Fsp3) is 0.250. The summed E-state index contributed by atoms with van der Waals surface area (Å²) < 4.78 is 1.51. The average molecular weight is 288 g/mol. The normalized spacial score (nSPS) is 11.7. The smallest absolute Gasteiger partial charge is 0.237 e. The quantitative estimate of drug-likeness (QED) is 0.849. The van der Waals surface area contributed by atoms with Gasteiger partial charge >= 0.3 is 0 Å². The van der Waals surface area contributed by atoms with Crippen molar-refractivity contribution in [3.8, 4) is 6.07 Å². The third-order valence-electron chi connectivity index (χ3n) is 2.51. The number of nitrogens with zero attached hydrogens (tertiary/aromatic N) is 5. The largest absolute Gasteiger partial charge is 0.325 e. The van der Waals surface area contributed by atoms with Gasteiger partial charge in [-0.15, -0.1) is 5.10 Å². The Hall–Kier alpha value is -2.40. The number of thioether (sulfide) groups is 1. The molecule has 8 heteroatoms. The summed E-state index contributed by atoms with van der Waals surface area (Å²) in [7, 11) is 1.72. The highest BCUT2D eigenvalue weighted by molar-refractivity contribution is 8.00. The third-order valence-corrected chi connectivity index (χ3v) is 3.64. The van der Waals surface area contributed by atoms with Crippen LogP contribution in [0.2, 0.25) is 0 Å². The van der Waals surface area contributed by atoms with Crippen LogP contribution in [0.1, 0.15) is 12.5 Å². The topological polar surface area (TPSA) is 96.5 Å². The molecule has 0 bridgehead atoms. The molecule has 1 N–H and O–H groups in total. The monoisotopic (exact) mass is 288 g/mol. The minimum atomic E-state index is -0.338. The maximum Gasteiger partial charge on any atom is 0.237 e. The molecule has 20 heavy (non-hydrogen) atoms. The van der Waals surface area contributed by atoms with Crippen molar-refractivity contribution in [3.63, 3.8) is 0 Å². The maximum atomic E-state index is 12.0. The predicted molar refractivity (Wildman–Crippen MR) is 73.9 cm³/mol. The summed E-state index contributed by atoms with van der Waals surface area (Å²) in [5, 5.41) is 22.8. The Morgan fingerprint density at radius 3 is 2.70 bits per heavy atom. The Bertz CT molecular complexity index is 645. The molecular weight excluding hydrogens is 276 g/mol. The highest BCUT2D eigenvalue weighted by atomic mass is 32.2. The Labute approximate surface area is 120 Å². The molecule has 0 radical (unpaired) electrons. The van der Waals surface area contributed by atoms with Gasteiger partial charge < -0.3 is 5.32 Å². The lowest BCUT2D eigenvalue weighted by Gasteiger charge is -2.10. The van der Waals surface area contributed by atoms with Gasteiger partial charge in [0, 0.05) is 12.7 Å². The van der Waals surface area contributed by atoms with E-state index in [9.17, 15) is 4.79 Å². The molecule has 0 unspecified atom stereocenters. The standard InChI is InChI=1S/C12H12N6OS/c1-8(20-12-15-16-17-18(12)2)11(19)14-10-5-3-9(7-13)4-6-10/h3-6,8H,1-2H3,(H,14,19)/t8-/m0/s1. The summed E-state index contributed by atoms with van der Waals surface area (Å²) in [6, 6.07) is 8.71. The van der Waals surface area contributed by atoms with Gasteiger partial charge in [-0.2, -0.15) is 5.26 Å². The van der Waals surface area contributed by atoms with Gasteiger partial charge in [0.1, 0.15) is 0 Å². The van der Waals surface area contributed by atoms with Crippen molar-refractivity contribution in [1.29, 1.82) is 5.26 Å². The zero-order valence-corrected chi connectivity index (χ0v) is 11.8. The van der Waals surface area contributed by atoms with Crippen LogP contribution in [0.5, 0.6) is 0 Å². The lowest BCUT2D eigenvalue weighted by atomic mass is 10.2. The number of benzene rings is 1. The van der Waals surface area contributed by atoms with E-state index >= 15 is 0 Å². The van der Waals surface area contributed by atoms with Crippen molar-refractivity contribution in [2.45, 2.75) is 17.3 Å². The summed E-state index contributed by atoms with van der Waals surface area (Å²) in [4.78, 5) is 12.0. The number of hydrogen-bond acceptors (Lipinski definition) is 6. The van der Waals surface area contributed by atoms with Crippen LogP contribution in [0.3, 0.4) is 0 Å². The molecule has 1 aromatic heterocycles. The van der Waals surface area contributed by atoms with Crippen molar-refractivity contribution >= 4 is 23.4 Å². The number of rotatable bonds is 4. The third kappa shape index (κ3) is 3.33. The first-order valence-electron chi connectivity index (χ1n) is 5.80. The second-order valence-corrected chi connectivity index (χ2v) is 5.33. The maximum absolute atomic E-state index is 12.0. The highest BCUT2D eigenvalue weighted by Gasteiger charge is 2.17. The molecule has 1 atom stereocenters. The molecule has 0 saturated heterocycles. The molecule has 1 aromatic carbocycles. The van der Waals surface area contributed by atoms with Crippen LogP contribution in [-0.4, -0.2) is 31.4 Å². The summed E-state index contributed by atoms with van der Waals surface area (Å²) in [6.07, 6.45) is 0. The fourth-order valence-electron chi connectivity index (χ4n) is 1.40. The van der Waals surface area contributed by atoms with Crippen LogP contribution in [0, 0.1) is 11.3 Å². The van der Waals surface area contributed by atoms with Crippen LogP contribution in [-0.2, 0) is 11.8 Å². The lowest BCUT2D eigenvalue weighted by Crippen LogP contribution is -2.22. The molecule has 0 aliphatic heterocycles. The van der Waals surface area contributed by atoms with E-state index in [1.165, 1.54) is 16.4 Å². The number of hydrogen-bond donors (Lipinski definition) is 1. The second-order valence-electron chi connectivity index (χ2n) is 4.02. The van der Waals surface area contributed by atoms with Crippen LogP contribution in [0.4, 0.5) is 5.69 Å². The molecule has 2 aromatic rings. The zero-order chi connectivity index (χ0) is 14.5. The summed E-state index contributed by atoms with van der Waals surface area (Å²) in [5.74, 6) is -0.150. The summed E-state index contributed by atoms with van der Waals surface area (Å²) in [5.41, 5.74) is 1.20. The number of anilines is 1. The van der Waals surface area contributed by atoms with Gasteiger partial charge in [-0.25, -0.2) is 4.68 Å². The van der Waals surface area contributed by atoms with E-state index < -0.39 is 0 Å². The van der Waals surface area contributed by atoms with Crippen molar-refractivity contribution in [1.82, 2.24) is 20.2 Å². The summed E-state index contributed by atoms with van der Waals surface area (Å²) >= 11 is 1.27. The van der Waals surface area contributed by atoms with E-state index in [0.29, 0.717) is 16.4 Å². The van der Waals surface area contributed by atoms with Gasteiger partial charge in [-0.05, 0) is 41.6 Å². The molecule has 0 saturated carbocycles. The fourth-order valence-corrected chi connectivity index (χ4v) is 2.16. The molecule has 0 fully saturated rings. The first kappa shape index (κ1) is 14.0. The van der Waals surface area contributed by atoms with Crippen molar-refractivity contribution < 1.29 is 4.79 Å². The lowest BCUT2D eigenvalue weighted by molar-refractivity contribution is -0.115. The number of aryl methyl sites for hydroxylation is 1. The molecule has 0 aliphatic carbocycles. The van der Waals surface area contributed by atoms with Gasteiger partial charge in [-0.3, -0.25) is 4.79 Å². The molecule has 0 spiro atoms. The first-order valence-corrected chi connectivity index (χ1v) is 6.68. The van der Waals surface area contributed by atoms with Gasteiger partial charge in [0.2, 0.25) is 11.1 Å². The number of nitriles is 1. The molecular formula is C12H12N6OS. The Morgan fingerprint density at radius 1 is 1.45 bits per heavy atom. The highest BCUT2D eigenvalue weighted by Crippen LogP contribution is 2.20. The number of aromatic nitrogens is 4. The van der Waals surface area contributed by atoms with Crippen molar-refractivity contribution in [2.75, 3.05) is 5.32 Å². The predicted octanol–water partition coefficient (Wildman–Crippen LogP) is 1.20. The SMILES string of the molecule is C[C@H](Sc1nnnn1C)C(=O)Nc1ccc(C#N)cc1. The van der Waals surface area contributed by atoms with E-state index in [1.54, 1.807) is 38.2 Å². The molecule has 102 valence electrons. The Morgan fingerprint density at radius 2 is 2.15 bits per heavy atom. The second kappa shape index (κ2) is 6.16. The Kier molecular flexibility index (Phi) is 4.32. The van der Waals surface area contributed by atoms with Gasteiger partial charge in [0.25, 0.3) is 0 Å². The molecule has 2 rings (SSSR count). The Balaban J connectivity index is 1.97. The van der Waals surface area contributed by atoms with Crippen molar-refractivity contribution in [2.24, 2.45) is 7.05 Å². The number of nitrogens with one attached hydrogen (secondary N) is 1. The van der Waals surface area contributed by atoms with E-state index in [4.69, 9.17) is 5.26 Å². The minimum absolute atomic E-state index is 0.150. The number of carbonyl (C=O) groups is 1. The van der Waals surface area contributed by atoms with Crippen LogP contribution >= 0.6 is 11.8 Å². The summed E-state index contributed by atoms with van der Waals surface area (Å²) in [6.45, 7) is 1.78. The van der Waals surface area contributed by atoms with Gasteiger partial charge in [-0.1, -0.05) is 11.8 Å². The van der Waals surface area contributed by atoms with E-state index in [0.717, 1.165) is 0 Å². The van der Waals surface area contributed by atoms with Crippen LogP contribution < -0.4 is 5.32 Å². The molecule has 1 amide bonds. The minimum Gasteiger partial charge on any atom is -0.325 e. The molecule has 1 heterocycles. The van der Waals surface area contributed by atoms with Gasteiger partial charge in [0.05, 0.1) is 16.9 Å².